The third-order valence-corrected chi connectivity index (χ3v) is 7.08. The van der Waals surface area contributed by atoms with E-state index >= 15 is 0 Å². The number of fused-ring (bicyclic) bond motifs is 3. The minimum Gasteiger partial charge on any atom is -0.449 e. The average Bonchev–Trinajstić information content (AvgIpc) is 3.21. The molecule has 4 N–H and O–H groups in total. The van der Waals surface area contributed by atoms with Gasteiger partial charge in [-0.15, -0.1) is 0 Å². The second-order valence-corrected chi connectivity index (χ2v) is 10.5. The van der Waals surface area contributed by atoms with Gasteiger partial charge in [-0.05, 0) is 63.5 Å². The van der Waals surface area contributed by atoms with Gasteiger partial charge in [-0.1, -0.05) is 13.8 Å². The molecule has 184 valence electrons. The summed E-state index contributed by atoms with van der Waals surface area (Å²) < 4.78 is 5.60. The van der Waals surface area contributed by atoms with Crippen LogP contribution in [0.4, 0.5) is 16.4 Å². The molecule has 3 saturated heterocycles. The highest BCUT2D eigenvalue weighted by Crippen LogP contribution is 2.36. The lowest BCUT2D eigenvalue weighted by molar-refractivity contribution is 0.0157. The predicted molar refractivity (Wildman–Crippen MR) is 133 cm³/mol. The van der Waals surface area contributed by atoms with Crippen LogP contribution < -0.4 is 21.5 Å². The number of amides is 1. The molecule has 1 amide bonds. The Morgan fingerprint density at radius 1 is 1.21 bits per heavy atom. The fourth-order valence-electron chi connectivity index (χ4n) is 5.55. The number of piperidine rings is 2. The summed E-state index contributed by atoms with van der Waals surface area (Å²) in [7, 11) is 0. The molecule has 5 atom stereocenters. The van der Waals surface area contributed by atoms with E-state index in [4.69, 9.17) is 9.72 Å². The first-order chi connectivity index (χ1) is 16.5. The summed E-state index contributed by atoms with van der Waals surface area (Å²) in [5.74, 6) is 2.00. The summed E-state index contributed by atoms with van der Waals surface area (Å²) in [5, 5.41) is 8.24. The van der Waals surface area contributed by atoms with E-state index in [9.17, 15) is 4.79 Å². The summed E-state index contributed by atoms with van der Waals surface area (Å²) >= 11 is 0. The molecule has 5 heterocycles. The zero-order valence-electron chi connectivity index (χ0n) is 20.4. The van der Waals surface area contributed by atoms with Crippen molar-refractivity contribution in [1.82, 2.24) is 25.7 Å². The van der Waals surface area contributed by atoms with Crippen molar-refractivity contribution in [3.8, 4) is 0 Å². The molecular weight excluding hydrogens is 430 g/mol. The van der Waals surface area contributed by atoms with Gasteiger partial charge in [0.2, 0.25) is 0 Å². The summed E-state index contributed by atoms with van der Waals surface area (Å²) in [6.07, 6.45) is 7.80. The van der Waals surface area contributed by atoms with Crippen molar-refractivity contribution < 1.29 is 9.53 Å². The Kier molecular flexibility index (Phi) is 6.74. The second-order valence-electron chi connectivity index (χ2n) is 10.5. The lowest BCUT2D eigenvalue weighted by Gasteiger charge is -2.48. The normalized spacial score (nSPS) is 28.8. The Bertz CT molecular complexity index is 1000. The minimum atomic E-state index is -0.146. The molecule has 2 aromatic rings. The van der Waals surface area contributed by atoms with E-state index in [1.54, 1.807) is 0 Å². The molecule has 3 aliphatic rings. The number of carbonyl (C=O) groups excluding carboxylic acids is 1. The van der Waals surface area contributed by atoms with Gasteiger partial charge in [-0.3, -0.25) is 10.4 Å². The van der Waals surface area contributed by atoms with E-state index in [1.807, 2.05) is 23.2 Å². The average molecular weight is 468 g/mol. The smallest absolute Gasteiger partial charge is 0.410 e. The number of hydrazine groups is 1. The van der Waals surface area contributed by atoms with E-state index in [0.717, 1.165) is 54.6 Å². The number of aromatic nitrogens is 2. The number of nitrogens with one attached hydrogen (secondary N) is 4. The van der Waals surface area contributed by atoms with E-state index in [2.05, 4.69) is 53.3 Å². The number of pyridine rings is 2. The van der Waals surface area contributed by atoms with E-state index in [-0.39, 0.29) is 30.4 Å². The van der Waals surface area contributed by atoms with Gasteiger partial charge < -0.3 is 20.3 Å². The number of rotatable bonds is 6. The van der Waals surface area contributed by atoms with Crippen molar-refractivity contribution >= 4 is 28.6 Å². The molecule has 0 spiro atoms. The first-order valence-corrected chi connectivity index (χ1v) is 12.7. The maximum atomic E-state index is 12.8. The van der Waals surface area contributed by atoms with Crippen LogP contribution in [-0.4, -0.2) is 57.9 Å². The summed E-state index contributed by atoms with van der Waals surface area (Å²) in [6.45, 7) is 6.76. The van der Waals surface area contributed by atoms with Crippen molar-refractivity contribution in [2.75, 3.05) is 17.2 Å². The van der Waals surface area contributed by atoms with Crippen molar-refractivity contribution in [2.45, 2.75) is 89.6 Å². The summed E-state index contributed by atoms with van der Waals surface area (Å²) in [6, 6.07) is 7.11. The zero-order valence-corrected chi connectivity index (χ0v) is 20.4. The van der Waals surface area contributed by atoms with Crippen molar-refractivity contribution in [3.05, 3.63) is 24.4 Å². The molecule has 3 fully saturated rings. The van der Waals surface area contributed by atoms with E-state index in [0.29, 0.717) is 18.6 Å². The maximum absolute atomic E-state index is 12.8. The molecule has 0 aliphatic carbocycles. The largest absolute Gasteiger partial charge is 0.449 e. The number of nitrogens with zero attached hydrogens (tertiary/aromatic N) is 3. The molecule has 3 unspecified atom stereocenters. The third-order valence-electron chi connectivity index (χ3n) is 7.08. The Balaban J connectivity index is 1.32. The van der Waals surface area contributed by atoms with Crippen LogP contribution in [0.25, 0.3) is 10.9 Å². The van der Waals surface area contributed by atoms with Gasteiger partial charge in [0, 0.05) is 41.8 Å². The van der Waals surface area contributed by atoms with Crippen molar-refractivity contribution in [3.63, 3.8) is 0 Å². The Morgan fingerprint density at radius 3 is 2.71 bits per heavy atom. The van der Waals surface area contributed by atoms with Gasteiger partial charge in [-0.25, -0.2) is 15.2 Å². The zero-order chi connectivity index (χ0) is 23.7. The lowest BCUT2D eigenvalue weighted by atomic mass is 9.82. The first-order valence-electron chi connectivity index (χ1n) is 12.7. The van der Waals surface area contributed by atoms with E-state index < -0.39 is 0 Å². The minimum absolute atomic E-state index is 0.121. The Hall–Kier alpha value is -2.65. The molecule has 2 aromatic heterocycles. The second kappa shape index (κ2) is 9.92. The Labute approximate surface area is 201 Å². The molecule has 9 nitrogen and oxygen atoms in total. The van der Waals surface area contributed by atoms with Gasteiger partial charge in [0.1, 0.15) is 11.6 Å². The van der Waals surface area contributed by atoms with E-state index in [1.165, 1.54) is 6.42 Å². The van der Waals surface area contributed by atoms with Crippen LogP contribution in [-0.2, 0) is 4.74 Å². The van der Waals surface area contributed by atoms with Gasteiger partial charge in [-0.2, -0.15) is 0 Å². The third kappa shape index (κ3) is 5.05. The highest BCUT2D eigenvalue weighted by molar-refractivity contribution is 5.91. The highest BCUT2D eigenvalue weighted by atomic mass is 16.6. The fraction of sp³-hybridized carbons (Fsp3) is 0.640. The number of hydrogen-bond acceptors (Lipinski definition) is 8. The topological polar surface area (TPSA) is 103 Å². The SMILES string of the molecule is CC(C)COC(=O)N1[C@@H]2CCC[C@H]1CC(Nc1nc(NC3CC(C)NN3)cc3ncccc13)C2. The first kappa shape index (κ1) is 23.1. The molecule has 2 bridgehead atoms. The standard InChI is InChI=1S/C25H37N7O2/c1-15(2)14-34-25(33)32-18-6-4-7-19(32)12-17(11-18)27-24-20-8-5-9-26-21(20)13-22(29-24)28-23-10-16(3)30-31-23/h5,8-9,13,15-19,23,30-31H,4,6-7,10-12,14H2,1-3H3,(H2,27,28,29)/t16?,17?,18-,19+,23?. The molecular formula is C25H37N7O2. The molecule has 9 heteroatoms. The quantitative estimate of drug-likeness (QED) is 0.508. The summed E-state index contributed by atoms with van der Waals surface area (Å²) in [4.78, 5) is 24.4. The fourth-order valence-corrected chi connectivity index (χ4v) is 5.55. The number of anilines is 2. The Morgan fingerprint density at radius 2 is 2.00 bits per heavy atom. The molecule has 0 aromatic carbocycles. The van der Waals surface area contributed by atoms with Crippen LogP contribution in [0.15, 0.2) is 24.4 Å². The van der Waals surface area contributed by atoms with Crippen LogP contribution in [0.3, 0.4) is 0 Å². The lowest BCUT2D eigenvalue weighted by Crippen LogP contribution is -2.57. The number of ether oxygens (including phenoxy) is 1. The van der Waals surface area contributed by atoms with Crippen LogP contribution >= 0.6 is 0 Å². The molecule has 0 saturated carbocycles. The van der Waals surface area contributed by atoms with Crippen LogP contribution in [0, 0.1) is 5.92 Å². The number of carbonyl (C=O) groups is 1. The van der Waals surface area contributed by atoms with Crippen molar-refractivity contribution in [1.29, 1.82) is 0 Å². The molecule has 0 radical (unpaired) electrons. The highest BCUT2D eigenvalue weighted by Gasteiger charge is 2.42. The molecule has 5 rings (SSSR count). The van der Waals surface area contributed by atoms with Crippen molar-refractivity contribution in [2.24, 2.45) is 5.92 Å². The van der Waals surface area contributed by atoms with Gasteiger partial charge >= 0.3 is 6.09 Å². The van der Waals surface area contributed by atoms with Crippen LogP contribution in [0.1, 0.15) is 59.3 Å². The van der Waals surface area contributed by atoms with Gasteiger partial charge in [0.05, 0.1) is 18.3 Å². The maximum Gasteiger partial charge on any atom is 0.410 e. The number of hydrogen-bond donors (Lipinski definition) is 4. The molecule has 3 aliphatic heterocycles. The summed E-state index contributed by atoms with van der Waals surface area (Å²) in [5.41, 5.74) is 7.43. The van der Waals surface area contributed by atoms with Crippen LogP contribution in [0.2, 0.25) is 0 Å². The van der Waals surface area contributed by atoms with Gasteiger partial charge in [0.25, 0.3) is 0 Å². The van der Waals surface area contributed by atoms with Gasteiger partial charge in [0.15, 0.2) is 0 Å². The predicted octanol–water partition coefficient (Wildman–Crippen LogP) is 3.84. The monoisotopic (exact) mass is 467 g/mol. The molecule has 34 heavy (non-hydrogen) atoms. The van der Waals surface area contributed by atoms with Crippen LogP contribution in [0.5, 0.6) is 0 Å².